The topological polar surface area (TPSA) is 91.4 Å². The second-order valence-corrected chi connectivity index (χ2v) is 8.86. The van der Waals surface area contributed by atoms with Crippen LogP contribution >= 0.6 is 0 Å². The van der Waals surface area contributed by atoms with E-state index >= 15 is 0 Å². The Labute approximate surface area is 180 Å². The molecule has 1 fully saturated rings. The van der Waals surface area contributed by atoms with Crippen LogP contribution in [0.25, 0.3) is 0 Å². The molecule has 9 heteroatoms. The molecule has 0 aliphatic carbocycles. The molecule has 1 aromatic heterocycles. The molecule has 1 aliphatic rings. The molecular weight excluding hydrogens is 419 g/mol. The Bertz CT molecular complexity index is 1190. The van der Waals surface area contributed by atoms with E-state index in [-0.39, 0.29) is 17.6 Å². The van der Waals surface area contributed by atoms with Crippen molar-refractivity contribution in [2.75, 3.05) is 22.7 Å². The normalized spacial score (nSPS) is 16.2. The summed E-state index contributed by atoms with van der Waals surface area (Å²) >= 11 is 0. The van der Waals surface area contributed by atoms with Crippen molar-refractivity contribution in [1.82, 2.24) is 10.3 Å². The van der Waals surface area contributed by atoms with E-state index in [9.17, 15) is 17.6 Å². The summed E-state index contributed by atoms with van der Waals surface area (Å²) in [6.45, 7) is 1.42. The van der Waals surface area contributed by atoms with Crippen molar-refractivity contribution < 1.29 is 17.6 Å². The molecule has 0 bridgehead atoms. The van der Waals surface area contributed by atoms with E-state index in [1.165, 1.54) is 30.3 Å². The van der Waals surface area contributed by atoms with Gasteiger partial charge in [0.15, 0.2) is 0 Å². The van der Waals surface area contributed by atoms with Crippen molar-refractivity contribution in [2.45, 2.75) is 17.4 Å². The smallest absolute Gasteiger partial charge is 0.264 e. The Hall–Kier alpha value is -3.46. The Morgan fingerprint density at radius 1 is 1.06 bits per heavy atom. The van der Waals surface area contributed by atoms with Crippen LogP contribution in [0.15, 0.2) is 77.8 Å². The number of carbonyl (C=O) groups is 1. The van der Waals surface area contributed by atoms with Gasteiger partial charge in [-0.2, -0.15) is 0 Å². The Morgan fingerprint density at radius 2 is 1.87 bits per heavy atom. The number of rotatable bonds is 6. The van der Waals surface area contributed by atoms with Crippen molar-refractivity contribution in [3.8, 4) is 0 Å². The van der Waals surface area contributed by atoms with Gasteiger partial charge in [0.2, 0.25) is 0 Å². The van der Waals surface area contributed by atoms with E-state index in [1.54, 1.807) is 18.3 Å². The van der Waals surface area contributed by atoms with Crippen LogP contribution in [0, 0.1) is 5.82 Å². The van der Waals surface area contributed by atoms with Crippen molar-refractivity contribution >= 4 is 27.4 Å². The molecule has 0 saturated carbocycles. The van der Waals surface area contributed by atoms with E-state index in [0.717, 1.165) is 24.8 Å². The maximum Gasteiger partial charge on any atom is 0.264 e. The van der Waals surface area contributed by atoms with E-state index in [2.05, 4.69) is 19.9 Å². The third kappa shape index (κ3) is 4.83. The average molecular weight is 441 g/mol. The van der Waals surface area contributed by atoms with Gasteiger partial charge in [-0.15, -0.1) is 0 Å². The van der Waals surface area contributed by atoms with Gasteiger partial charge in [-0.1, -0.05) is 24.3 Å². The molecule has 1 amide bonds. The number of hydrogen-bond donors (Lipinski definition) is 2. The largest absolute Gasteiger partial charge is 0.354 e. The van der Waals surface area contributed by atoms with Crippen LogP contribution < -0.4 is 14.9 Å². The summed E-state index contributed by atoms with van der Waals surface area (Å²) in [7, 11) is -4.12. The molecule has 0 spiro atoms. The lowest BCUT2D eigenvalue weighted by Crippen LogP contribution is -2.37. The highest BCUT2D eigenvalue weighted by molar-refractivity contribution is 7.92. The lowest BCUT2D eigenvalue weighted by molar-refractivity contribution is 0.0940. The summed E-state index contributed by atoms with van der Waals surface area (Å²) in [5.74, 6) is -0.286. The second kappa shape index (κ2) is 8.73. The van der Waals surface area contributed by atoms with Gasteiger partial charge in [-0.05, 0) is 48.9 Å². The molecule has 0 unspecified atom stereocenters. The SMILES string of the molecule is O=C(N[C@@H]1CCN(c2ccccn2)C1)c1cccc(NS(=O)(=O)c2ccccc2F)c1. The fourth-order valence-electron chi connectivity index (χ4n) is 3.49. The monoisotopic (exact) mass is 440 g/mol. The van der Waals surface area contributed by atoms with Gasteiger partial charge in [-0.25, -0.2) is 17.8 Å². The number of pyridine rings is 1. The van der Waals surface area contributed by atoms with Crippen LogP contribution in [0.2, 0.25) is 0 Å². The van der Waals surface area contributed by atoms with Crippen LogP contribution in [0.4, 0.5) is 15.9 Å². The van der Waals surface area contributed by atoms with Crippen LogP contribution in [0.5, 0.6) is 0 Å². The van der Waals surface area contributed by atoms with Crippen LogP contribution in [0.3, 0.4) is 0 Å². The van der Waals surface area contributed by atoms with Crippen molar-refractivity contribution in [1.29, 1.82) is 0 Å². The maximum absolute atomic E-state index is 13.9. The zero-order valence-corrected chi connectivity index (χ0v) is 17.3. The maximum atomic E-state index is 13.9. The van der Waals surface area contributed by atoms with Crippen molar-refractivity contribution in [3.63, 3.8) is 0 Å². The summed E-state index contributed by atoms with van der Waals surface area (Å²) in [6.07, 6.45) is 2.51. The summed E-state index contributed by atoms with van der Waals surface area (Å²) in [5, 5.41) is 2.98. The van der Waals surface area contributed by atoms with Gasteiger partial charge < -0.3 is 10.2 Å². The first-order valence-corrected chi connectivity index (χ1v) is 11.2. The number of hydrogen-bond acceptors (Lipinski definition) is 5. The standard InChI is InChI=1S/C22H21FN4O3S/c23-19-8-1-2-9-20(19)31(29,30)26-17-7-5-6-16(14-17)22(28)25-18-11-13-27(15-18)21-10-3-4-12-24-21/h1-10,12,14,18,26H,11,13,15H2,(H,25,28)/t18-/m1/s1. The quantitative estimate of drug-likeness (QED) is 0.615. The molecule has 160 valence electrons. The minimum absolute atomic E-state index is 0.0479. The first-order chi connectivity index (χ1) is 14.9. The van der Waals surface area contributed by atoms with Crippen LogP contribution in [-0.4, -0.2) is 38.4 Å². The van der Waals surface area contributed by atoms with E-state index in [0.29, 0.717) is 12.1 Å². The number of anilines is 2. The molecule has 3 aromatic rings. The predicted octanol–water partition coefficient (Wildman–Crippen LogP) is 3.03. The third-order valence-corrected chi connectivity index (χ3v) is 6.41. The van der Waals surface area contributed by atoms with Gasteiger partial charge in [-0.3, -0.25) is 9.52 Å². The van der Waals surface area contributed by atoms with Gasteiger partial charge >= 0.3 is 0 Å². The summed E-state index contributed by atoms with van der Waals surface area (Å²) in [6, 6.07) is 16.9. The van der Waals surface area contributed by atoms with E-state index in [4.69, 9.17) is 0 Å². The van der Waals surface area contributed by atoms with E-state index in [1.807, 2.05) is 18.2 Å². The minimum Gasteiger partial charge on any atom is -0.354 e. The summed E-state index contributed by atoms with van der Waals surface area (Å²) in [5.41, 5.74) is 0.488. The van der Waals surface area contributed by atoms with Gasteiger partial charge in [0.05, 0.1) is 0 Å². The molecule has 4 rings (SSSR count). The first-order valence-electron chi connectivity index (χ1n) is 9.77. The summed E-state index contributed by atoms with van der Waals surface area (Å²) < 4.78 is 41.2. The molecular formula is C22H21FN4O3S. The number of aromatic nitrogens is 1. The molecule has 7 nitrogen and oxygen atoms in total. The third-order valence-electron chi connectivity index (χ3n) is 5.00. The van der Waals surface area contributed by atoms with Crippen molar-refractivity contribution in [3.05, 3.63) is 84.3 Å². The number of amides is 1. The lowest BCUT2D eigenvalue weighted by atomic mass is 10.1. The number of nitrogens with zero attached hydrogens (tertiary/aromatic N) is 2. The van der Waals surface area contributed by atoms with Gasteiger partial charge in [0.1, 0.15) is 16.5 Å². The molecule has 2 N–H and O–H groups in total. The average Bonchev–Trinajstić information content (AvgIpc) is 3.23. The second-order valence-electron chi connectivity index (χ2n) is 7.21. The van der Waals surface area contributed by atoms with E-state index < -0.39 is 20.7 Å². The minimum atomic E-state index is -4.12. The lowest BCUT2D eigenvalue weighted by Gasteiger charge is -2.18. The van der Waals surface area contributed by atoms with Crippen LogP contribution in [0.1, 0.15) is 16.8 Å². The van der Waals surface area contributed by atoms with Crippen LogP contribution in [-0.2, 0) is 10.0 Å². The highest BCUT2D eigenvalue weighted by Gasteiger charge is 2.25. The Morgan fingerprint density at radius 3 is 2.65 bits per heavy atom. The van der Waals surface area contributed by atoms with Crippen molar-refractivity contribution in [2.24, 2.45) is 0 Å². The molecule has 0 radical (unpaired) electrons. The molecule has 1 saturated heterocycles. The highest BCUT2D eigenvalue weighted by Crippen LogP contribution is 2.21. The van der Waals surface area contributed by atoms with Gasteiger partial charge in [0, 0.05) is 36.6 Å². The molecule has 2 aromatic carbocycles. The Balaban J connectivity index is 1.42. The fourth-order valence-corrected chi connectivity index (χ4v) is 4.62. The molecule has 1 aliphatic heterocycles. The predicted molar refractivity (Wildman–Crippen MR) is 116 cm³/mol. The zero-order valence-electron chi connectivity index (χ0n) is 16.5. The number of benzene rings is 2. The number of nitrogens with one attached hydrogen (secondary N) is 2. The van der Waals surface area contributed by atoms with Gasteiger partial charge in [0.25, 0.3) is 15.9 Å². The molecule has 31 heavy (non-hydrogen) atoms. The Kier molecular flexibility index (Phi) is 5.85. The highest BCUT2D eigenvalue weighted by atomic mass is 32.2. The summed E-state index contributed by atoms with van der Waals surface area (Å²) in [4.78, 5) is 18.7. The molecule has 1 atom stereocenters. The molecule has 2 heterocycles. The number of sulfonamides is 1. The zero-order chi connectivity index (χ0) is 21.8. The number of halogens is 1. The first kappa shape index (κ1) is 20.8. The number of carbonyl (C=O) groups excluding carboxylic acids is 1. The fraction of sp³-hybridized carbons (Fsp3) is 0.182.